The Labute approximate surface area is 94.7 Å². The molecule has 16 heavy (non-hydrogen) atoms. The molecule has 0 unspecified atom stereocenters. The molecule has 0 fully saturated rings. The van der Waals surface area contributed by atoms with Gasteiger partial charge in [0, 0.05) is 18.8 Å². The van der Waals surface area contributed by atoms with Gasteiger partial charge in [-0.15, -0.1) is 0 Å². The van der Waals surface area contributed by atoms with Crippen LogP contribution >= 0.6 is 0 Å². The summed E-state index contributed by atoms with van der Waals surface area (Å²) in [6.45, 7) is 5.35. The molecule has 84 valence electrons. The molecule has 1 N–H and O–H groups in total. The summed E-state index contributed by atoms with van der Waals surface area (Å²) in [5, 5.41) is 7.08. The maximum absolute atomic E-state index is 5.09. The predicted octanol–water partition coefficient (Wildman–Crippen LogP) is 1.98. The third-order valence-electron chi connectivity index (χ3n) is 2.25. The first-order valence-electron chi connectivity index (χ1n) is 5.28. The molecule has 2 heterocycles. The molecule has 2 rings (SSSR count). The van der Waals surface area contributed by atoms with Crippen molar-refractivity contribution >= 4 is 0 Å². The van der Waals surface area contributed by atoms with Gasteiger partial charge in [0.1, 0.15) is 0 Å². The normalized spacial score (nSPS) is 10.6. The highest BCUT2D eigenvalue weighted by atomic mass is 16.5. The maximum Gasteiger partial charge on any atom is 0.150 e. The quantitative estimate of drug-likeness (QED) is 0.850. The van der Waals surface area contributed by atoms with E-state index in [1.54, 1.807) is 0 Å². The number of rotatable bonds is 4. The van der Waals surface area contributed by atoms with Gasteiger partial charge in [0.2, 0.25) is 0 Å². The lowest BCUT2D eigenvalue weighted by Crippen LogP contribution is -2.13. The number of hydrogen-bond acceptors (Lipinski definition) is 4. The standard InChI is InChI=1S/C12H15N3O/c1-9-3-4-11(14-6-9)7-13-8-12-5-10(2)15-16-12/h3-6,13H,7-8H2,1-2H3. The van der Waals surface area contributed by atoms with Gasteiger partial charge in [-0.1, -0.05) is 11.2 Å². The number of nitrogens with one attached hydrogen (secondary N) is 1. The Morgan fingerprint density at radius 2 is 2.12 bits per heavy atom. The lowest BCUT2D eigenvalue weighted by molar-refractivity contribution is 0.369. The van der Waals surface area contributed by atoms with Crippen molar-refractivity contribution in [3.63, 3.8) is 0 Å². The first-order chi connectivity index (χ1) is 7.74. The summed E-state index contributed by atoms with van der Waals surface area (Å²) in [5.41, 5.74) is 3.11. The molecule has 0 aliphatic heterocycles. The molecular weight excluding hydrogens is 202 g/mol. The third-order valence-corrected chi connectivity index (χ3v) is 2.25. The van der Waals surface area contributed by atoms with Crippen molar-refractivity contribution in [3.05, 3.63) is 47.1 Å². The monoisotopic (exact) mass is 217 g/mol. The predicted molar refractivity (Wildman–Crippen MR) is 60.8 cm³/mol. The van der Waals surface area contributed by atoms with Gasteiger partial charge in [-0.25, -0.2) is 0 Å². The van der Waals surface area contributed by atoms with Gasteiger partial charge in [0.15, 0.2) is 5.76 Å². The van der Waals surface area contributed by atoms with E-state index in [4.69, 9.17) is 4.52 Å². The van der Waals surface area contributed by atoms with Crippen molar-refractivity contribution in [2.24, 2.45) is 0 Å². The second-order valence-electron chi connectivity index (χ2n) is 3.87. The van der Waals surface area contributed by atoms with Crippen molar-refractivity contribution in [3.8, 4) is 0 Å². The Hall–Kier alpha value is -1.68. The van der Waals surface area contributed by atoms with Gasteiger partial charge < -0.3 is 9.84 Å². The van der Waals surface area contributed by atoms with Gasteiger partial charge in [-0.2, -0.15) is 0 Å². The third kappa shape index (κ3) is 2.90. The van der Waals surface area contributed by atoms with Crippen molar-refractivity contribution < 1.29 is 4.52 Å². The van der Waals surface area contributed by atoms with Crippen LogP contribution in [0.25, 0.3) is 0 Å². The number of pyridine rings is 1. The van der Waals surface area contributed by atoms with Crippen LogP contribution in [-0.4, -0.2) is 10.1 Å². The van der Waals surface area contributed by atoms with Crippen LogP contribution in [0.15, 0.2) is 28.9 Å². The summed E-state index contributed by atoms with van der Waals surface area (Å²) in [4.78, 5) is 4.31. The highest BCUT2D eigenvalue weighted by Crippen LogP contribution is 2.02. The molecule has 0 amide bonds. The largest absolute Gasteiger partial charge is 0.360 e. The zero-order valence-corrected chi connectivity index (χ0v) is 9.53. The smallest absolute Gasteiger partial charge is 0.150 e. The average Bonchev–Trinajstić information content (AvgIpc) is 2.67. The average molecular weight is 217 g/mol. The Kier molecular flexibility index (Phi) is 3.31. The van der Waals surface area contributed by atoms with Crippen LogP contribution in [0.5, 0.6) is 0 Å². The van der Waals surface area contributed by atoms with Crippen LogP contribution in [0.4, 0.5) is 0 Å². The minimum absolute atomic E-state index is 0.677. The second kappa shape index (κ2) is 4.90. The van der Waals surface area contributed by atoms with Crippen LogP contribution in [0, 0.1) is 13.8 Å². The number of aromatic nitrogens is 2. The Bertz CT molecular complexity index is 448. The number of nitrogens with zero attached hydrogens (tertiary/aromatic N) is 2. The van der Waals surface area contributed by atoms with Crippen LogP contribution < -0.4 is 5.32 Å². The summed E-state index contributed by atoms with van der Waals surface area (Å²) in [5.74, 6) is 0.851. The summed E-state index contributed by atoms with van der Waals surface area (Å²) in [6.07, 6.45) is 1.87. The van der Waals surface area contributed by atoms with Crippen molar-refractivity contribution in [1.82, 2.24) is 15.5 Å². The highest BCUT2D eigenvalue weighted by Gasteiger charge is 2.00. The molecule has 0 aliphatic rings. The Morgan fingerprint density at radius 1 is 1.25 bits per heavy atom. The Morgan fingerprint density at radius 3 is 2.75 bits per heavy atom. The molecule has 0 aromatic carbocycles. The van der Waals surface area contributed by atoms with Crippen LogP contribution in [0.2, 0.25) is 0 Å². The molecule has 0 bridgehead atoms. The first kappa shape index (κ1) is 10.8. The summed E-state index contributed by atoms with van der Waals surface area (Å²) < 4.78 is 5.09. The van der Waals surface area contributed by atoms with Gasteiger partial charge in [-0.3, -0.25) is 4.98 Å². The van der Waals surface area contributed by atoms with Gasteiger partial charge in [0.25, 0.3) is 0 Å². The van der Waals surface area contributed by atoms with Crippen molar-refractivity contribution in [1.29, 1.82) is 0 Å². The van der Waals surface area contributed by atoms with E-state index in [2.05, 4.69) is 21.5 Å². The molecule has 0 radical (unpaired) electrons. The molecular formula is C12H15N3O. The molecule has 0 atom stereocenters. The maximum atomic E-state index is 5.09. The van der Waals surface area contributed by atoms with E-state index in [1.165, 1.54) is 5.56 Å². The number of aryl methyl sites for hydroxylation is 2. The topological polar surface area (TPSA) is 51.0 Å². The number of hydrogen-bond donors (Lipinski definition) is 1. The second-order valence-corrected chi connectivity index (χ2v) is 3.87. The van der Waals surface area contributed by atoms with Crippen LogP contribution in [0.1, 0.15) is 22.7 Å². The lowest BCUT2D eigenvalue weighted by atomic mass is 10.3. The molecule has 0 saturated carbocycles. The SMILES string of the molecule is Cc1ccc(CNCc2cc(C)no2)nc1. The van der Waals surface area contributed by atoms with Gasteiger partial charge in [-0.05, 0) is 25.5 Å². The first-order valence-corrected chi connectivity index (χ1v) is 5.28. The molecule has 2 aromatic rings. The molecule has 4 heteroatoms. The van der Waals surface area contributed by atoms with E-state index in [0.29, 0.717) is 6.54 Å². The van der Waals surface area contributed by atoms with E-state index in [9.17, 15) is 0 Å². The fourth-order valence-electron chi connectivity index (χ4n) is 1.42. The Balaban J connectivity index is 1.82. The molecule has 0 saturated heterocycles. The van der Waals surface area contributed by atoms with Crippen LogP contribution in [-0.2, 0) is 13.1 Å². The lowest BCUT2D eigenvalue weighted by Gasteiger charge is -2.01. The zero-order chi connectivity index (χ0) is 11.4. The fourth-order valence-corrected chi connectivity index (χ4v) is 1.42. The van der Waals surface area contributed by atoms with E-state index >= 15 is 0 Å². The van der Waals surface area contributed by atoms with Gasteiger partial charge in [0.05, 0.1) is 17.9 Å². The highest BCUT2D eigenvalue weighted by molar-refractivity contribution is 5.12. The minimum atomic E-state index is 0.677. The van der Waals surface area contributed by atoms with Crippen molar-refractivity contribution in [2.75, 3.05) is 0 Å². The van der Waals surface area contributed by atoms with E-state index in [0.717, 1.165) is 23.7 Å². The molecule has 2 aromatic heterocycles. The van der Waals surface area contributed by atoms with E-state index in [1.807, 2.05) is 32.2 Å². The molecule has 4 nitrogen and oxygen atoms in total. The molecule has 0 spiro atoms. The van der Waals surface area contributed by atoms with Crippen molar-refractivity contribution in [2.45, 2.75) is 26.9 Å². The summed E-state index contributed by atoms with van der Waals surface area (Å²) >= 11 is 0. The zero-order valence-electron chi connectivity index (χ0n) is 9.53. The van der Waals surface area contributed by atoms with E-state index in [-0.39, 0.29) is 0 Å². The minimum Gasteiger partial charge on any atom is -0.360 e. The van der Waals surface area contributed by atoms with E-state index < -0.39 is 0 Å². The summed E-state index contributed by atoms with van der Waals surface area (Å²) in [6, 6.07) is 6.01. The summed E-state index contributed by atoms with van der Waals surface area (Å²) in [7, 11) is 0. The van der Waals surface area contributed by atoms with Gasteiger partial charge >= 0.3 is 0 Å². The molecule has 0 aliphatic carbocycles. The van der Waals surface area contributed by atoms with Crippen LogP contribution in [0.3, 0.4) is 0 Å². The fraction of sp³-hybridized carbons (Fsp3) is 0.333.